The van der Waals surface area contributed by atoms with Gasteiger partial charge in [0.1, 0.15) is 24.7 Å². The number of hydrogen-bond acceptors (Lipinski definition) is 3. The van der Waals surface area contributed by atoms with Crippen LogP contribution in [0.2, 0.25) is 5.02 Å². The van der Waals surface area contributed by atoms with E-state index in [1.54, 1.807) is 0 Å². The van der Waals surface area contributed by atoms with Gasteiger partial charge in [-0.15, -0.1) is 0 Å². The fraction of sp³-hybridized carbons (Fsp3) is 0.294. The summed E-state index contributed by atoms with van der Waals surface area (Å²) in [4.78, 5) is 0. The van der Waals surface area contributed by atoms with Gasteiger partial charge in [0.25, 0.3) is 0 Å². The lowest BCUT2D eigenvalue weighted by Crippen LogP contribution is -2.09. The maximum Gasteiger partial charge on any atom is 0.122 e. The summed E-state index contributed by atoms with van der Waals surface area (Å²) >= 11 is 5.91. The standard InChI is InChI=1S/C17H20ClNO2/c1-13-12-15(18)4-7-17(13)21-11-10-20-16-5-2-14(3-6-16)8-9-19/h2-7,12H,8-11,19H2,1H3. The van der Waals surface area contributed by atoms with Crippen molar-refractivity contribution in [1.82, 2.24) is 0 Å². The second-order valence-electron chi connectivity index (χ2n) is 4.79. The minimum absolute atomic E-state index is 0.493. The highest BCUT2D eigenvalue weighted by molar-refractivity contribution is 6.30. The van der Waals surface area contributed by atoms with Crippen molar-refractivity contribution < 1.29 is 9.47 Å². The molecule has 0 amide bonds. The van der Waals surface area contributed by atoms with Gasteiger partial charge < -0.3 is 15.2 Å². The third kappa shape index (κ3) is 4.96. The molecule has 112 valence electrons. The molecule has 0 saturated heterocycles. The largest absolute Gasteiger partial charge is 0.490 e. The van der Waals surface area contributed by atoms with Crippen LogP contribution < -0.4 is 15.2 Å². The Labute approximate surface area is 130 Å². The number of ether oxygens (including phenoxy) is 2. The summed E-state index contributed by atoms with van der Waals surface area (Å²) in [5, 5.41) is 0.716. The number of aryl methyl sites for hydroxylation is 1. The number of halogens is 1. The average Bonchev–Trinajstić information content (AvgIpc) is 2.47. The van der Waals surface area contributed by atoms with Gasteiger partial charge in [-0.05, 0) is 61.3 Å². The topological polar surface area (TPSA) is 44.5 Å². The highest BCUT2D eigenvalue weighted by Crippen LogP contribution is 2.21. The van der Waals surface area contributed by atoms with E-state index >= 15 is 0 Å². The third-order valence-corrected chi connectivity index (χ3v) is 3.34. The maximum absolute atomic E-state index is 5.91. The van der Waals surface area contributed by atoms with Crippen LogP contribution in [0.25, 0.3) is 0 Å². The number of rotatable bonds is 7. The van der Waals surface area contributed by atoms with E-state index < -0.39 is 0 Å². The molecule has 0 aliphatic carbocycles. The van der Waals surface area contributed by atoms with Crippen molar-refractivity contribution in [3.05, 3.63) is 58.6 Å². The van der Waals surface area contributed by atoms with Gasteiger partial charge >= 0.3 is 0 Å². The first-order valence-electron chi connectivity index (χ1n) is 7.00. The molecule has 4 heteroatoms. The monoisotopic (exact) mass is 305 g/mol. The summed E-state index contributed by atoms with van der Waals surface area (Å²) in [5.41, 5.74) is 7.76. The van der Waals surface area contributed by atoms with Crippen molar-refractivity contribution >= 4 is 11.6 Å². The zero-order valence-corrected chi connectivity index (χ0v) is 12.9. The summed E-state index contributed by atoms with van der Waals surface area (Å²) in [6, 6.07) is 13.6. The van der Waals surface area contributed by atoms with Gasteiger partial charge in [-0.2, -0.15) is 0 Å². The highest BCUT2D eigenvalue weighted by atomic mass is 35.5. The van der Waals surface area contributed by atoms with E-state index in [1.807, 2.05) is 49.4 Å². The molecule has 0 spiro atoms. The Kier molecular flexibility index (Phi) is 5.90. The van der Waals surface area contributed by atoms with E-state index in [-0.39, 0.29) is 0 Å². The van der Waals surface area contributed by atoms with Gasteiger partial charge in [-0.1, -0.05) is 23.7 Å². The maximum atomic E-state index is 5.91. The van der Waals surface area contributed by atoms with Crippen molar-refractivity contribution in [1.29, 1.82) is 0 Å². The lowest BCUT2D eigenvalue weighted by atomic mass is 10.1. The zero-order valence-electron chi connectivity index (χ0n) is 12.1. The number of benzene rings is 2. The van der Waals surface area contributed by atoms with E-state index in [0.29, 0.717) is 24.8 Å². The van der Waals surface area contributed by atoms with Crippen LogP contribution in [0.4, 0.5) is 0 Å². The molecule has 0 aromatic heterocycles. The third-order valence-electron chi connectivity index (χ3n) is 3.10. The molecule has 0 fully saturated rings. The van der Waals surface area contributed by atoms with Gasteiger partial charge in [0, 0.05) is 5.02 Å². The van der Waals surface area contributed by atoms with Gasteiger partial charge in [0.15, 0.2) is 0 Å². The summed E-state index contributed by atoms with van der Waals surface area (Å²) in [6.45, 7) is 3.62. The molecule has 0 bridgehead atoms. The first-order chi connectivity index (χ1) is 10.2. The summed E-state index contributed by atoms with van der Waals surface area (Å²) in [5.74, 6) is 1.67. The lowest BCUT2D eigenvalue weighted by Gasteiger charge is -2.11. The van der Waals surface area contributed by atoms with Crippen LogP contribution in [0.3, 0.4) is 0 Å². The van der Waals surface area contributed by atoms with Crippen molar-refractivity contribution in [3.8, 4) is 11.5 Å². The van der Waals surface area contributed by atoms with Crippen molar-refractivity contribution in [2.75, 3.05) is 19.8 Å². The lowest BCUT2D eigenvalue weighted by molar-refractivity contribution is 0.216. The quantitative estimate of drug-likeness (QED) is 0.795. The van der Waals surface area contributed by atoms with Gasteiger partial charge in [0.05, 0.1) is 0 Å². The first-order valence-corrected chi connectivity index (χ1v) is 7.37. The van der Waals surface area contributed by atoms with E-state index in [1.165, 1.54) is 5.56 Å². The Morgan fingerprint density at radius 1 is 1.00 bits per heavy atom. The first kappa shape index (κ1) is 15.7. The van der Waals surface area contributed by atoms with Crippen LogP contribution in [0.1, 0.15) is 11.1 Å². The molecule has 0 atom stereocenters. The van der Waals surface area contributed by atoms with E-state index in [2.05, 4.69) is 0 Å². The van der Waals surface area contributed by atoms with Crippen LogP contribution in [0.15, 0.2) is 42.5 Å². The average molecular weight is 306 g/mol. The van der Waals surface area contributed by atoms with Crippen LogP contribution in [-0.4, -0.2) is 19.8 Å². The van der Waals surface area contributed by atoms with E-state index in [9.17, 15) is 0 Å². The molecule has 21 heavy (non-hydrogen) atoms. The predicted molar refractivity (Wildman–Crippen MR) is 86.4 cm³/mol. The van der Waals surface area contributed by atoms with E-state index in [4.69, 9.17) is 26.8 Å². The minimum Gasteiger partial charge on any atom is -0.490 e. The van der Waals surface area contributed by atoms with Crippen molar-refractivity contribution in [2.24, 2.45) is 5.73 Å². The molecule has 0 unspecified atom stereocenters. The molecule has 0 radical (unpaired) electrons. The summed E-state index contributed by atoms with van der Waals surface area (Å²) < 4.78 is 11.3. The highest BCUT2D eigenvalue weighted by Gasteiger charge is 2.01. The molecule has 0 aliphatic rings. The van der Waals surface area contributed by atoms with E-state index in [0.717, 1.165) is 23.5 Å². The smallest absolute Gasteiger partial charge is 0.122 e. The fourth-order valence-electron chi connectivity index (χ4n) is 2.00. The zero-order chi connectivity index (χ0) is 15.1. The molecule has 2 aromatic carbocycles. The molecule has 2 rings (SSSR count). The van der Waals surface area contributed by atoms with Gasteiger partial charge in [-0.25, -0.2) is 0 Å². The Bertz CT molecular complexity index is 570. The number of nitrogens with two attached hydrogens (primary N) is 1. The Morgan fingerprint density at radius 3 is 2.38 bits per heavy atom. The molecule has 0 heterocycles. The van der Waals surface area contributed by atoms with Crippen LogP contribution >= 0.6 is 11.6 Å². The molecule has 2 aromatic rings. The molecule has 3 nitrogen and oxygen atoms in total. The summed E-state index contributed by atoms with van der Waals surface area (Å²) in [6.07, 6.45) is 0.888. The Morgan fingerprint density at radius 2 is 1.71 bits per heavy atom. The SMILES string of the molecule is Cc1cc(Cl)ccc1OCCOc1ccc(CCN)cc1. The predicted octanol–water partition coefficient (Wildman–Crippen LogP) is 3.61. The second-order valence-corrected chi connectivity index (χ2v) is 5.23. The molecular formula is C17H20ClNO2. The molecular weight excluding hydrogens is 286 g/mol. The minimum atomic E-state index is 0.493. The van der Waals surface area contributed by atoms with Crippen LogP contribution in [0, 0.1) is 6.92 Å². The normalized spacial score (nSPS) is 10.4. The van der Waals surface area contributed by atoms with Crippen LogP contribution in [-0.2, 0) is 6.42 Å². The van der Waals surface area contributed by atoms with Crippen molar-refractivity contribution in [3.63, 3.8) is 0 Å². The molecule has 0 aliphatic heterocycles. The van der Waals surface area contributed by atoms with Crippen molar-refractivity contribution in [2.45, 2.75) is 13.3 Å². The molecule has 2 N–H and O–H groups in total. The second kappa shape index (κ2) is 7.91. The molecule has 0 saturated carbocycles. The Hall–Kier alpha value is -1.71. The van der Waals surface area contributed by atoms with Crippen LogP contribution in [0.5, 0.6) is 11.5 Å². The summed E-state index contributed by atoms with van der Waals surface area (Å²) in [7, 11) is 0. The number of hydrogen-bond donors (Lipinski definition) is 1. The Balaban J connectivity index is 1.76. The van der Waals surface area contributed by atoms with Gasteiger partial charge in [-0.3, -0.25) is 0 Å². The van der Waals surface area contributed by atoms with Gasteiger partial charge in [0.2, 0.25) is 0 Å². The fourth-order valence-corrected chi connectivity index (χ4v) is 2.23.